The minimum absolute atomic E-state index is 0.193. The molecule has 10 nitrogen and oxygen atoms in total. The first-order chi connectivity index (χ1) is 31.1. The maximum absolute atomic E-state index is 11.4. The first-order valence-electron chi connectivity index (χ1n) is 20.5. The average molecular weight is 857 g/mol. The molecule has 8 aromatic rings. The Morgan fingerprint density at radius 1 is 0.438 bits per heavy atom. The highest BCUT2D eigenvalue weighted by molar-refractivity contribution is 5.94. The van der Waals surface area contributed by atoms with Crippen LogP contribution in [0.5, 0.6) is 34.5 Å². The molecular formula is C54H48O10. The van der Waals surface area contributed by atoms with Gasteiger partial charge >= 0.3 is 11.9 Å². The third-order valence-corrected chi connectivity index (χ3v) is 10.4. The van der Waals surface area contributed by atoms with Crippen LogP contribution in [0, 0.1) is 0 Å². The summed E-state index contributed by atoms with van der Waals surface area (Å²) < 4.78 is 31.5. The molecule has 0 radical (unpaired) electrons. The summed E-state index contributed by atoms with van der Waals surface area (Å²) in [5.74, 6) is 2.31. The molecule has 0 aliphatic heterocycles. The standard InChI is InChI=1S/2C27H24O5/c1-18(28)32-23-10-5-20(6-11-23)25-13-7-21-16-24(31-17-30-2)12-14-26(21)27(25)15-19-3-8-22(29)9-4-19;1-18(28)32-24-12-14-26-21(16-24)7-13-25(20-5-10-23(11-6-20)31-17-30-2)27(26)15-19-3-8-22(29)9-4-19/h2*3-14,16,29H,15,17H2,1-2H3. The number of carbonyl (C=O) groups is 2. The van der Waals surface area contributed by atoms with Crippen LogP contribution in [0.3, 0.4) is 0 Å². The van der Waals surface area contributed by atoms with Crippen molar-refractivity contribution in [2.45, 2.75) is 26.7 Å². The highest BCUT2D eigenvalue weighted by Gasteiger charge is 2.15. The average Bonchev–Trinajstić information content (AvgIpc) is 3.29. The molecule has 0 aliphatic carbocycles. The predicted octanol–water partition coefficient (Wildman–Crippen LogP) is 11.4. The summed E-state index contributed by atoms with van der Waals surface area (Å²) >= 11 is 0. The van der Waals surface area contributed by atoms with E-state index in [2.05, 4.69) is 24.3 Å². The zero-order valence-corrected chi connectivity index (χ0v) is 36.0. The number of ether oxygens (including phenoxy) is 6. The summed E-state index contributed by atoms with van der Waals surface area (Å²) in [6.45, 7) is 3.17. The Balaban J connectivity index is 0.000000191. The van der Waals surface area contributed by atoms with E-state index in [1.54, 1.807) is 50.6 Å². The van der Waals surface area contributed by atoms with E-state index in [0.29, 0.717) is 24.3 Å². The van der Waals surface area contributed by atoms with Gasteiger partial charge in [-0.1, -0.05) is 84.9 Å². The second-order valence-corrected chi connectivity index (χ2v) is 15.0. The predicted molar refractivity (Wildman–Crippen MR) is 248 cm³/mol. The second kappa shape index (κ2) is 20.9. The molecule has 0 atom stereocenters. The molecule has 64 heavy (non-hydrogen) atoms. The Hall–Kier alpha value is -7.66. The summed E-state index contributed by atoms with van der Waals surface area (Å²) in [5.41, 5.74) is 8.76. The Bertz CT molecular complexity index is 2850. The highest BCUT2D eigenvalue weighted by Crippen LogP contribution is 2.37. The summed E-state index contributed by atoms with van der Waals surface area (Å²) in [6.07, 6.45) is 1.37. The molecule has 0 fully saturated rings. The van der Waals surface area contributed by atoms with Crippen molar-refractivity contribution in [3.8, 4) is 56.8 Å². The number of methoxy groups -OCH3 is 2. The van der Waals surface area contributed by atoms with Gasteiger partial charge in [0.1, 0.15) is 34.5 Å². The van der Waals surface area contributed by atoms with Crippen molar-refractivity contribution in [1.82, 2.24) is 0 Å². The smallest absolute Gasteiger partial charge is 0.308 e. The number of fused-ring (bicyclic) bond motifs is 2. The van der Waals surface area contributed by atoms with Crippen molar-refractivity contribution >= 4 is 33.5 Å². The number of rotatable bonds is 14. The van der Waals surface area contributed by atoms with E-state index >= 15 is 0 Å². The van der Waals surface area contributed by atoms with Gasteiger partial charge in [-0.25, -0.2) is 0 Å². The van der Waals surface area contributed by atoms with E-state index in [4.69, 9.17) is 28.4 Å². The molecule has 0 aromatic heterocycles. The third kappa shape index (κ3) is 11.4. The molecule has 0 unspecified atom stereocenters. The normalized spacial score (nSPS) is 10.8. The van der Waals surface area contributed by atoms with Gasteiger partial charge < -0.3 is 38.6 Å². The van der Waals surface area contributed by atoms with Gasteiger partial charge in [0.2, 0.25) is 0 Å². The first kappa shape index (κ1) is 44.4. The zero-order chi connectivity index (χ0) is 45.0. The maximum atomic E-state index is 11.4. The van der Waals surface area contributed by atoms with Crippen LogP contribution < -0.4 is 18.9 Å². The molecule has 8 rings (SSSR count). The van der Waals surface area contributed by atoms with Gasteiger partial charge in [0.25, 0.3) is 0 Å². The van der Waals surface area contributed by atoms with Gasteiger partial charge in [0.05, 0.1) is 0 Å². The molecule has 8 aromatic carbocycles. The summed E-state index contributed by atoms with van der Waals surface area (Å²) in [5, 5.41) is 23.6. The Labute approximate surface area is 371 Å². The number of benzene rings is 8. The molecule has 0 saturated heterocycles. The number of esters is 2. The van der Waals surface area contributed by atoms with Crippen molar-refractivity contribution in [3.63, 3.8) is 0 Å². The Morgan fingerprint density at radius 3 is 1.28 bits per heavy atom. The zero-order valence-electron chi connectivity index (χ0n) is 36.0. The lowest BCUT2D eigenvalue weighted by molar-refractivity contribution is -0.132. The maximum Gasteiger partial charge on any atom is 0.308 e. The molecule has 0 spiro atoms. The summed E-state index contributed by atoms with van der Waals surface area (Å²) in [4.78, 5) is 22.6. The van der Waals surface area contributed by atoms with Gasteiger partial charge in [0.15, 0.2) is 13.6 Å². The van der Waals surface area contributed by atoms with Crippen LogP contribution in [0.4, 0.5) is 0 Å². The molecule has 2 N–H and O–H groups in total. The van der Waals surface area contributed by atoms with Crippen molar-refractivity contribution in [2.24, 2.45) is 0 Å². The number of hydrogen-bond acceptors (Lipinski definition) is 10. The van der Waals surface area contributed by atoms with Crippen LogP contribution in [0.25, 0.3) is 43.8 Å². The molecule has 0 heterocycles. The second-order valence-electron chi connectivity index (χ2n) is 15.0. The van der Waals surface area contributed by atoms with Crippen LogP contribution in [-0.2, 0) is 31.9 Å². The summed E-state index contributed by atoms with van der Waals surface area (Å²) in [7, 11) is 3.18. The van der Waals surface area contributed by atoms with E-state index in [1.807, 2.05) is 97.1 Å². The van der Waals surface area contributed by atoms with E-state index in [-0.39, 0.29) is 37.0 Å². The molecular weight excluding hydrogens is 809 g/mol. The topological polar surface area (TPSA) is 130 Å². The molecule has 0 saturated carbocycles. The number of phenolic OH excluding ortho intramolecular Hbond substituents is 2. The molecule has 10 heteroatoms. The first-order valence-corrected chi connectivity index (χ1v) is 20.5. The van der Waals surface area contributed by atoms with E-state index < -0.39 is 0 Å². The Morgan fingerprint density at radius 2 is 0.828 bits per heavy atom. The van der Waals surface area contributed by atoms with Crippen molar-refractivity contribution in [3.05, 3.63) is 180 Å². The van der Waals surface area contributed by atoms with Crippen LogP contribution in [-0.4, -0.2) is 50.0 Å². The number of phenols is 2. The van der Waals surface area contributed by atoms with Crippen molar-refractivity contribution < 1.29 is 48.2 Å². The number of hydrogen-bond donors (Lipinski definition) is 2. The minimum Gasteiger partial charge on any atom is -0.508 e. The quantitative estimate of drug-likeness (QED) is 0.0619. The van der Waals surface area contributed by atoms with Crippen molar-refractivity contribution in [1.29, 1.82) is 0 Å². The van der Waals surface area contributed by atoms with Crippen LogP contribution >= 0.6 is 0 Å². The van der Waals surface area contributed by atoms with Gasteiger partial charge in [-0.2, -0.15) is 0 Å². The van der Waals surface area contributed by atoms with Crippen LogP contribution in [0.15, 0.2) is 158 Å². The third-order valence-electron chi connectivity index (χ3n) is 10.4. The molecule has 0 aliphatic rings. The monoisotopic (exact) mass is 856 g/mol. The fraction of sp³-hybridized carbons (Fsp3) is 0.148. The van der Waals surface area contributed by atoms with Gasteiger partial charge in [0, 0.05) is 28.1 Å². The van der Waals surface area contributed by atoms with Gasteiger partial charge in [-0.3, -0.25) is 9.59 Å². The van der Waals surface area contributed by atoms with E-state index in [9.17, 15) is 19.8 Å². The molecule has 324 valence electrons. The lowest BCUT2D eigenvalue weighted by atomic mass is 9.90. The number of carbonyl (C=O) groups excluding carboxylic acids is 2. The fourth-order valence-corrected chi connectivity index (χ4v) is 7.47. The largest absolute Gasteiger partial charge is 0.508 e. The van der Waals surface area contributed by atoms with Crippen LogP contribution in [0.1, 0.15) is 36.1 Å². The Kier molecular flexibility index (Phi) is 14.5. The minimum atomic E-state index is -0.346. The summed E-state index contributed by atoms with van der Waals surface area (Å²) in [6, 6.07) is 49.9. The lowest BCUT2D eigenvalue weighted by Gasteiger charge is -2.15. The highest BCUT2D eigenvalue weighted by atomic mass is 16.7. The molecule has 0 bridgehead atoms. The van der Waals surface area contributed by atoms with Crippen molar-refractivity contribution in [2.75, 3.05) is 27.8 Å². The number of aromatic hydroxyl groups is 2. The lowest BCUT2D eigenvalue weighted by Crippen LogP contribution is -2.01. The van der Waals surface area contributed by atoms with Crippen LogP contribution in [0.2, 0.25) is 0 Å². The van der Waals surface area contributed by atoms with E-state index in [1.165, 1.54) is 13.8 Å². The SMILES string of the molecule is COCOc1ccc(-c2ccc3cc(OC(C)=O)ccc3c2Cc2ccc(O)cc2)cc1.COCOc1ccc2c(Cc3ccc(O)cc3)c(-c3ccc(OC(C)=O)cc3)ccc2c1. The molecule has 0 amide bonds. The van der Waals surface area contributed by atoms with Gasteiger partial charge in [-0.15, -0.1) is 0 Å². The fourth-order valence-electron chi connectivity index (χ4n) is 7.47. The van der Waals surface area contributed by atoms with Gasteiger partial charge in [-0.05, 0) is 152 Å². The van der Waals surface area contributed by atoms with E-state index in [0.717, 1.165) is 77.6 Å².